The van der Waals surface area contributed by atoms with E-state index in [0.29, 0.717) is 30.4 Å². The molecule has 0 aliphatic carbocycles. The second-order valence-corrected chi connectivity index (χ2v) is 11.1. The number of Topliss-reactive ketones (excluding diaryl/α,β-unsaturated/α-hetero) is 1. The number of halogens is 4. The molecule has 0 spiro atoms. The fourth-order valence-corrected chi connectivity index (χ4v) is 6.26. The van der Waals surface area contributed by atoms with Crippen molar-refractivity contribution in [2.24, 2.45) is 0 Å². The van der Waals surface area contributed by atoms with E-state index in [4.69, 9.17) is 9.15 Å². The zero-order valence-electron chi connectivity index (χ0n) is 20.4. The zero-order valence-corrected chi connectivity index (χ0v) is 21.3. The normalized spacial score (nSPS) is 16.6. The fraction of sp³-hybridized carbons (Fsp3) is 0.250. The average Bonchev–Trinajstić information content (AvgIpc) is 3.55. The predicted octanol–water partition coefficient (Wildman–Crippen LogP) is 6.74. The molecule has 4 aromatic rings. The van der Waals surface area contributed by atoms with Crippen molar-refractivity contribution < 1.29 is 39.9 Å². The van der Waals surface area contributed by atoms with Gasteiger partial charge in [-0.2, -0.15) is 17.5 Å². The lowest BCUT2D eigenvalue weighted by molar-refractivity contribution is -0.137. The van der Waals surface area contributed by atoms with E-state index in [2.05, 4.69) is 0 Å². The van der Waals surface area contributed by atoms with Crippen molar-refractivity contribution in [1.29, 1.82) is 0 Å². The van der Waals surface area contributed by atoms with E-state index in [9.17, 15) is 30.8 Å². The van der Waals surface area contributed by atoms with E-state index in [-0.39, 0.29) is 35.2 Å². The van der Waals surface area contributed by atoms with Gasteiger partial charge in [-0.1, -0.05) is 12.1 Å². The van der Waals surface area contributed by atoms with Crippen LogP contribution in [0.15, 0.2) is 82.3 Å². The highest BCUT2D eigenvalue weighted by molar-refractivity contribution is 7.89. The SMILES string of the molecule is O=C(CCc1cccc(Oc2ccc(C(F)(F)F)cc2)c1)[C@@H]1CCCN1S(=O)(=O)c1cc2cc(F)ccc2o1. The Labute approximate surface area is 221 Å². The third kappa shape index (κ3) is 5.84. The van der Waals surface area contributed by atoms with Crippen LogP contribution in [0, 0.1) is 5.82 Å². The third-order valence-electron chi connectivity index (χ3n) is 6.57. The van der Waals surface area contributed by atoms with Crippen LogP contribution in [-0.2, 0) is 27.4 Å². The molecule has 6 nitrogen and oxygen atoms in total. The molecule has 1 aliphatic rings. The van der Waals surface area contributed by atoms with Gasteiger partial charge in [0.25, 0.3) is 10.0 Å². The number of rotatable bonds is 8. The Bertz CT molecular complexity index is 1610. The molecule has 0 radical (unpaired) electrons. The smallest absolute Gasteiger partial charge is 0.416 e. The first-order chi connectivity index (χ1) is 18.5. The second kappa shape index (κ2) is 10.5. The molecule has 0 saturated carbocycles. The number of carbonyl (C=O) groups excluding carboxylic acids is 1. The molecule has 2 heterocycles. The molecule has 5 rings (SSSR count). The van der Waals surface area contributed by atoms with Gasteiger partial charge in [0.05, 0.1) is 11.6 Å². The Balaban J connectivity index is 1.24. The van der Waals surface area contributed by atoms with Gasteiger partial charge in [0.1, 0.15) is 22.9 Å². The Kier molecular flexibility index (Phi) is 7.21. The van der Waals surface area contributed by atoms with Crippen LogP contribution in [0.1, 0.15) is 30.4 Å². The summed E-state index contributed by atoms with van der Waals surface area (Å²) in [6, 6.07) is 15.3. The number of sulfonamides is 1. The van der Waals surface area contributed by atoms with Crippen LogP contribution >= 0.6 is 0 Å². The van der Waals surface area contributed by atoms with Crippen molar-refractivity contribution in [2.45, 2.75) is 43.0 Å². The predicted molar refractivity (Wildman–Crippen MR) is 134 cm³/mol. The number of carbonyl (C=O) groups is 1. The summed E-state index contributed by atoms with van der Waals surface area (Å²) < 4.78 is 90.7. The lowest BCUT2D eigenvalue weighted by Gasteiger charge is -2.21. The minimum Gasteiger partial charge on any atom is -0.457 e. The molecular formula is C28H23F4NO5S. The van der Waals surface area contributed by atoms with Crippen molar-refractivity contribution in [2.75, 3.05) is 6.54 Å². The van der Waals surface area contributed by atoms with E-state index in [0.717, 1.165) is 22.0 Å². The highest BCUT2D eigenvalue weighted by Crippen LogP contribution is 2.33. The first-order valence-corrected chi connectivity index (χ1v) is 13.6. The maximum atomic E-state index is 13.5. The zero-order chi connectivity index (χ0) is 27.8. The lowest BCUT2D eigenvalue weighted by atomic mass is 10.0. The van der Waals surface area contributed by atoms with Crippen molar-refractivity contribution in [3.63, 3.8) is 0 Å². The van der Waals surface area contributed by atoms with Crippen LogP contribution in [0.25, 0.3) is 11.0 Å². The molecule has 0 N–H and O–H groups in total. The van der Waals surface area contributed by atoms with E-state index in [1.54, 1.807) is 24.3 Å². The van der Waals surface area contributed by atoms with E-state index < -0.39 is 33.6 Å². The average molecular weight is 562 g/mol. The van der Waals surface area contributed by atoms with Crippen LogP contribution in [-0.4, -0.2) is 31.1 Å². The van der Waals surface area contributed by atoms with Gasteiger partial charge in [-0.05, 0) is 79.4 Å². The number of aryl methyl sites for hydroxylation is 1. The molecule has 1 aromatic heterocycles. The van der Waals surface area contributed by atoms with Gasteiger partial charge in [-0.3, -0.25) is 4.79 Å². The summed E-state index contributed by atoms with van der Waals surface area (Å²) >= 11 is 0. The molecule has 1 atom stereocenters. The maximum Gasteiger partial charge on any atom is 0.416 e. The quantitative estimate of drug-likeness (QED) is 0.223. The molecule has 0 bridgehead atoms. The highest BCUT2D eigenvalue weighted by atomic mass is 32.2. The third-order valence-corrected chi connectivity index (χ3v) is 8.33. The number of alkyl halides is 3. The number of benzene rings is 3. The molecule has 3 aromatic carbocycles. The second-order valence-electron chi connectivity index (χ2n) is 9.26. The summed E-state index contributed by atoms with van der Waals surface area (Å²) in [5, 5.41) is -0.0232. The Morgan fingerprint density at radius 1 is 1.00 bits per heavy atom. The number of hydrogen-bond acceptors (Lipinski definition) is 5. The van der Waals surface area contributed by atoms with Gasteiger partial charge in [0.2, 0.25) is 5.09 Å². The van der Waals surface area contributed by atoms with E-state index in [1.165, 1.54) is 36.4 Å². The molecule has 1 saturated heterocycles. The molecule has 1 fully saturated rings. The fourth-order valence-electron chi connectivity index (χ4n) is 4.63. The van der Waals surface area contributed by atoms with Crippen LogP contribution in [0.4, 0.5) is 17.6 Å². The molecule has 1 aliphatic heterocycles. The molecule has 11 heteroatoms. The number of furan rings is 1. The minimum atomic E-state index is -4.44. The van der Waals surface area contributed by atoms with Gasteiger partial charge in [0.15, 0.2) is 5.78 Å². The number of hydrogen-bond donors (Lipinski definition) is 0. The molecule has 0 amide bonds. The minimum absolute atomic E-state index is 0.0752. The van der Waals surface area contributed by atoms with Gasteiger partial charge in [0, 0.05) is 24.4 Å². The maximum absolute atomic E-state index is 13.5. The van der Waals surface area contributed by atoms with Crippen molar-refractivity contribution in [3.8, 4) is 11.5 Å². The Morgan fingerprint density at radius 2 is 1.77 bits per heavy atom. The van der Waals surface area contributed by atoms with Crippen molar-refractivity contribution in [1.82, 2.24) is 4.31 Å². The summed E-state index contributed by atoms with van der Waals surface area (Å²) in [5.41, 5.74) is 0.203. The largest absolute Gasteiger partial charge is 0.457 e. The Morgan fingerprint density at radius 3 is 2.51 bits per heavy atom. The van der Waals surface area contributed by atoms with E-state index >= 15 is 0 Å². The molecular weight excluding hydrogens is 538 g/mol. The molecule has 0 unspecified atom stereocenters. The van der Waals surface area contributed by atoms with Crippen LogP contribution in [0.2, 0.25) is 0 Å². The van der Waals surface area contributed by atoms with Crippen LogP contribution < -0.4 is 4.74 Å². The van der Waals surface area contributed by atoms with Crippen molar-refractivity contribution in [3.05, 3.63) is 89.7 Å². The summed E-state index contributed by atoms with van der Waals surface area (Å²) in [5.74, 6) is -0.134. The summed E-state index contributed by atoms with van der Waals surface area (Å²) in [6.07, 6.45) is -3.15. The first kappa shape index (κ1) is 26.9. The number of nitrogens with zero attached hydrogens (tertiary/aromatic N) is 1. The standard InChI is InChI=1S/C28H23F4NO5S/c29-21-9-13-26-19(16-21)17-27(38-26)39(35,36)33-14-2-5-24(33)25(34)12-6-18-3-1-4-23(15-18)37-22-10-7-20(8-11-22)28(30,31)32/h1,3-4,7-11,13,15-17,24H,2,5-6,12,14H2/t24-/m0/s1. The van der Waals surface area contributed by atoms with Crippen LogP contribution in [0.5, 0.6) is 11.5 Å². The Hall–Kier alpha value is -3.70. The van der Waals surface area contributed by atoms with E-state index in [1.807, 2.05) is 0 Å². The number of ether oxygens (including phenoxy) is 1. The lowest BCUT2D eigenvalue weighted by Crippen LogP contribution is -2.40. The van der Waals surface area contributed by atoms with Gasteiger partial charge < -0.3 is 9.15 Å². The van der Waals surface area contributed by atoms with Gasteiger partial charge >= 0.3 is 6.18 Å². The monoisotopic (exact) mass is 561 g/mol. The number of fused-ring (bicyclic) bond motifs is 1. The number of ketones is 1. The van der Waals surface area contributed by atoms with Gasteiger partial charge in [-0.25, -0.2) is 12.8 Å². The summed E-state index contributed by atoms with van der Waals surface area (Å²) in [6.45, 7) is 0.167. The molecule has 39 heavy (non-hydrogen) atoms. The summed E-state index contributed by atoms with van der Waals surface area (Å²) in [7, 11) is -4.11. The van der Waals surface area contributed by atoms with Gasteiger partial charge in [-0.15, -0.1) is 0 Å². The first-order valence-electron chi connectivity index (χ1n) is 12.2. The summed E-state index contributed by atoms with van der Waals surface area (Å²) in [4.78, 5) is 13.1. The van der Waals surface area contributed by atoms with Crippen molar-refractivity contribution >= 4 is 26.8 Å². The topological polar surface area (TPSA) is 76.8 Å². The van der Waals surface area contributed by atoms with Crippen LogP contribution in [0.3, 0.4) is 0 Å². The molecule has 204 valence electrons. The highest BCUT2D eigenvalue weighted by Gasteiger charge is 2.40.